The summed E-state index contributed by atoms with van der Waals surface area (Å²) in [7, 11) is 0. The van der Waals surface area contributed by atoms with Crippen molar-refractivity contribution in [1.82, 2.24) is 5.32 Å². The molecule has 1 aromatic carbocycles. The molecule has 0 bridgehead atoms. The third kappa shape index (κ3) is 5.13. The number of hydrogen-bond donors (Lipinski definition) is 2. The van der Waals surface area contributed by atoms with Crippen molar-refractivity contribution in [1.29, 1.82) is 0 Å². The fourth-order valence-electron chi connectivity index (χ4n) is 1.51. The Bertz CT molecular complexity index is 355. The van der Waals surface area contributed by atoms with Gasteiger partial charge in [0.1, 0.15) is 5.75 Å². The highest BCUT2D eigenvalue weighted by Gasteiger charge is 2.08. The number of nitrogens with one attached hydrogen (secondary N) is 1. The number of hydrogen-bond acceptors (Lipinski definition) is 3. The summed E-state index contributed by atoms with van der Waals surface area (Å²) < 4.78 is 0. The second-order valence-electron chi connectivity index (χ2n) is 3.83. The Kier molecular flexibility index (Phi) is 6.55. The molecule has 0 aliphatic carbocycles. The lowest BCUT2D eigenvalue weighted by Crippen LogP contribution is -2.24. The number of unbranched alkanes of at least 4 members (excludes halogenated alkanes) is 2. The van der Waals surface area contributed by atoms with Gasteiger partial charge in [-0.15, -0.1) is 0 Å². The van der Waals surface area contributed by atoms with Gasteiger partial charge in [0.05, 0.1) is 5.56 Å². The molecule has 2 N–H and O–H groups in total. The highest BCUT2D eigenvalue weighted by molar-refractivity contribution is 7.98. The van der Waals surface area contributed by atoms with Gasteiger partial charge in [0.2, 0.25) is 0 Å². The minimum Gasteiger partial charge on any atom is -0.507 e. The quantitative estimate of drug-likeness (QED) is 0.734. The van der Waals surface area contributed by atoms with E-state index in [1.54, 1.807) is 18.2 Å². The smallest absolute Gasteiger partial charge is 0.255 e. The van der Waals surface area contributed by atoms with Crippen molar-refractivity contribution < 1.29 is 9.90 Å². The van der Waals surface area contributed by atoms with E-state index < -0.39 is 0 Å². The van der Waals surface area contributed by atoms with Gasteiger partial charge in [-0.05, 0) is 37.0 Å². The third-order valence-corrected chi connectivity index (χ3v) is 3.16. The summed E-state index contributed by atoms with van der Waals surface area (Å²) >= 11 is 1.84. The molecule has 0 radical (unpaired) electrons. The number of para-hydroxylation sites is 1. The van der Waals surface area contributed by atoms with E-state index in [2.05, 4.69) is 11.6 Å². The van der Waals surface area contributed by atoms with Gasteiger partial charge < -0.3 is 10.4 Å². The molecule has 1 rings (SSSR count). The Morgan fingerprint density at radius 3 is 2.76 bits per heavy atom. The molecule has 0 aliphatic rings. The van der Waals surface area contributed by atoms with Crippen LogP contribution in [0.15, 0.2) is 24.3 Å². The van der Waals surface area contributed by atoms with Crippen LogP contribution in [0.3, 0.4) is 0 Å². The van der Waals surface area contributed by atoms with Crippen molar-refractivity contribution in [3.8, 4) is 5.75 Å². The second kappa shape index (κ2) is 8.01. The molecular formula is C13H19NO2S. The van der Waals surface area contributed by atoms with E-state index in [0.717, 1.165) is 12.8 Å². The van der Waals surface area contributed by atoms with Crippen LogP contribution in [0.1, 0.15) is 29.6 Å². The number of carbonyl (C=O) groups is 1. The standard InChI is InChI=1S/C13H19NO2S/c1-17-10-6-2-5-9-14-13(16)11-7-3-4-8-12(11)15/h3-4,7-8,15H,2,5-6,9-10H2,1H3,(H,14,16). The van der Waals surface area contributed by atoms with Gasteiger partial charge in [-0.2, -0.15) is 11.8 Å². The minimum absolute atomic E-state index is 0.0346. The van der Waals surface area contributed by atoms with Crippen molar-refractivity contribution in [3.05, 3.63) is 29.8 Å². The fourth-order valence-corrected chi connectivity index (χ4v) is 2.00. The van der Waals surface area contributed by atoms with Crippen LogP contribution in [0.5, 0.6) is 5.75 Å². The summed E-state index contributed by atoms with van der Waals surface area (Å²) in [5.74, 6) is 1.01. The summed E-state index contributed by atoms with van der Waals surface area (Å²) in [5, 5.41) is 12.3. The van der Waals surface area contributed by atoms with Crippen LogP contribution in [0, 0.1) is 0 Å². The number of phenols is 1. The van der Waals surface area contributed by atoms with Crippen LogP contribution in [0.4, 0.5) is 0 Å². The van der Waals surface area contributed by atoms with E-state index in [-0.39, 0.29) is 11.7 Å². The first-order chi connectivity index (χ1) is 8.25. The molecule has 0 aliphatic heterocycles. The first-order valence-electron chi connectivity index (χ1n) is 5.81. The molecule has 0 spiro atoms. The Balaban J connectivity index is 2.24. The number of phenolic OH excluding ortho intramolecular Hbond substituents is 1. The minimum atomic E-state index is -0.201. The number of carbonyl (C=O) groups excluding carboxylic acids is 1. The van der Waals surface area contributed by atoms with Crippen LogP contribution in [0.2, 0.25) is 0 Å². The molecule has 94 valence electrons. The lowest BCUT2D eigenvalue weighted by Gasteiger charge is -2.06. The second-order valence-corrected chi connectivity index (χ2v) is 4.81. The SMILES string of the molecule is CSCCCCCNC(=O)c1ccccc1O. The number of amides is 1. The average Bonchev–Trinajstić information content (AvgIpc) is 2.34. The molecule has 0 aromatic heterocycles. The fraction of sp³-hybridized carbons (Fsp3) is 0.462. The van der Waals surface area contributed by atoms with Gasteiger partial charge >= 0.3 is 0 Å². The molecule has 1 aromatic rings. The monoisotopic (exact) mass is 253 g/mol. The summed E-state index contributed by atoms with van der Waals surface area (Å²) in [4.78, 5) is 11.7. The Labute approximate surface area is 107 Å². The van der Waals surface area contributed by atoms with E-state index >= 15 is 0 Å². The van der Waals surface area contributed by atoms with Gasteiger partial charge in [0, 0.05) is 6.54 Å². The van der Waals surface area contributed by atoms with Crippen molar-refractivity contribution in [2.45, 2.75) is 19.3 Å². The maximum absolute atomic E-state index is 11.7. The zero-order chi connectivity index (χ0) is 12.5. The maximum Gasteiger partial charge on any atom is 0.255 e. The first-order valence-corrected chi connectivity index (χ1v) is 7.20. The molecule has 3 nitrogen and oxygen atoms in total. The van der Waals surface area contributed by atoms with Crippen LogP contribution in [0.25, 0.3) is 0 Å². The lowest BCUT2D eigenvalue weighted by atomic mass is 10.2. The number of thioether (sulfide) groups is 1. The number of rotatable bonds is 7. The zero-order valence-corrected chi connectivity index (χ0v) is 10.9. The Hall–Kier alpha value is -1.16. The van der Waals surface area contributed by atoms with Crippen LogP contribution in [-0.2, 0) is 0 Å². The summed E-state index contributed by atoms with van der Waals surface area (Å²) in [6, 6.07) is 6.59. The van der Waals surface area contributed by atoms with E-state index in [9.17, 15) is 9.90 Å². The molecule has 17 heavy (non-hydrogen) atoms. The highest BCUT2D eigenvalue weighted by atomic mass is 32.2. The molecule has 0 atom stereocenters. The predicted octanol–water partition coefficient (Wildman–Crippen LogP) is 2.66. The van der Waals surface area contributed by atoms with E-state index in [1.807, 2.05) is 11.8 Å². The normalized spacial score (nSPS) is 10.2. The lowest BCUT2D eigenvalue weighted by molar-refractivity contribution is 0.0950. The van der Waals surface area contributed by atoms with E-state index in [0.29, 0.717) is 12.1 Å². The summed E-state index contributed by atoms with van der Waals surface area (Å²) in [6.07, 6.45) is 5.40. The Morgan fingerprint density at radius 2 is 2.06 bits per heavy atom. The molecule has 1 amide bonds. The molecule has 0 saturated heterocycles. The maximum atomic E-state index is 11.7. The molecule has 0 heterocycles. The first kappa shape index (κ1) is 13.9. The summed E-state index contributed by atoms with van der Waals surface area (Å²) in [5.41, 5.74) is 0.344. The van der Waals surface area contributed by atoms with Crippen molar-refractivity contribution >= 4 is 17.7 Å². The Morgan fingerprint density at radius 1 is 1.29 bits per heavy atom. The van der Waals surface area contributed by atoms with Gasteiger partial charge in [0.25, 0.3) is 5.91 Å². The van der Waals surface area contributed by atoms with Gasteiger partial charge in [-0.1, -0.05) is 18.6 Å². The van der Waals surface area contributed by atoms with Gasteiger partial charge in [-0.25, -0.2) is 0 Å². The molecule has 4 heteroatoms. The topological polar surface area (TPSA) is 49.3 Å². The van der Waals surface area contributed by atoms with E-state index in [1.165, 1.54) is 18.2 Å². The molecule has 0 unspecified atom stereocenters. The number of aromatic hydroxyl groups is 1. The highest BCUT2D eigenvalue weighted by Crippen LogP contribution is 2.14. The summed E-state index contributed by atoms with van der Waals surface area (Å²) in [6.45, 7) is 0.668. The number of benzene rings is 1. The van der Waals surface area contributed by atoms with Crippen molar-refractivity contribution in [2.24, 2.45) is 0 Å². The third-order valence-electron chi connectivity index (χ3n) is 2.46. The van der Waals surface area contributed by atoms with Crippen molar-refractivity contribution in [2.75, 3.05) is 18.6 Å². The molecular weight excluding hydrogens is 234 g/mol. The zero-order valence-electron chi connectivity index (χ0n) is 10.1. The average molecular weight is 253 g/mol. The van der Waals surface area contributed by atoms with Gasteiger partial charge in [0.15, 0.2) is 0 Å². The van der Waals surface area contributed by atoms with Crippen LogP contribution in [-0.4, -0.2) is 29.6 Å². The largest absolute Gasteiger partial charge is 0.507 e. The van der Waals surface area contributed by atoms with Gasteiger partial charge in [-0.3, -0.25) is 4.79 Å². The van der Waals surface area contributed by atoms with Crippen LogP contribution >= 0.6 is 11.8 Å². The van der Waals surface area contributed by atoms with Crippen molar-refractivity contribution in [3.63, 3.8) is 0 Å². The molecule has 0 saturated carbocycles. The molecule has 0 fully saturated rings. The van der Waals surface area contributed by atoms with Crippen LogP contribution < -0.4 is 5.32 Å². The van der Waals surface area contributed by atoms with E-state index in [4.69, 9.17) is 0 Å². The predicted molar refractivity (Wildman–Crippen MR) is 72.7 cm³/mol.